The van der Waals surface area contributed by atoms with E-state index in [-0.39, 0.29) is 0 Å². The van der Waals surface area contributed by atoms with Crippen molar-refractivity contribution in [2.24, 2.45) is 9.54 Å². The molecule has 3 heteroatoms. The Labute approximate surface area is 54.1 Å². The van der Waals surface area contributed by atoms with Crippen LogP contribution in [0.25, 0.3) is 0 Å². The van der Waals surface area contributed by atoms with Crippen LogP contribution >= 0.6 is 12.1 Å². The molecule has 0 aliphatic rings. The minimum atomic E-state index is 0.968. The first-order valence-corrected chi connectivity index (χ1v) is 3.14. The number of hydrogen-bond donors (Lipinski definition) is 1. The zero-order valence-corrected chi connectivity index (χ0v) is 5.90. The number of allylic oxidation sites excluding steroid dienone is 2. The average molecular weight is 130 g/mol. The highest BCUT2D eigenvalue weighted by atomic mass is 32.2. The molecular formula is C5H10N2S. The Morgan fingerprint density at radius 2 is 2.25 bits per heavy atom. The molecule has 0 saturated carbocycles. The Hall–Kier alpha value is -0.280. The fraction of sp³-hybridized carbons (Fsp3) is 0.400. The van der Waals surface area contributed by atoms with Gasteiger partial charge in [-0.3, -0.25) is 5.14 Å². The van der Waals surface area contributed by atoms with Crippen LogP contribution in [-0.4, -0.2) is 6.21 Å². The SMILES string of the molecule is CC(C)=CC=NSN. The van der Waals surface area contributed by atoms with Crippen molar-refractivity contribution in [2.75, 3.05) is 0 Å². The molecule has 0 spiro atoms. The highest BCUT2D eigenvalue weighted by Gasteiger charge is 1.68. The number of rotatable bonds is 2. The number of nitrogens with zero attached hydrogens (tertiary/aromatic N) is 1. The maximum absolute atomic E-state index is 5.00. The second kappa shape index (κ2) is 4.87. The summed E-state index contributed by atoms with van der Waals surface area (Å²) < 4.78 is 3.70. The molecule has 2 nitrogen and oxygen atoms in total. The van der Waals surface area contributed by atoms with E-state index in [0.29, 0.717) is 0 Å². The standard InChI is InChI=1S/C5H10N2S/c1-5(2)3-4-7-8-6/h3-4H,6H2,1-2H3. The molecule has 0 heterocycles. The smallest absolute Gasteiger partial charge is 0.0555 e. The Morgan fingerprint density at radius 1 is 1.62 bits per heavy atom. The first-order chi connectivity index (χ1) is 3.77. The summed E-state index contributed by atoms with van der Waals surface area (Å²) in [6.45, 7) is 4.01. The molecule has 0 atom stereocenters. The maximum atomic E-state index is 5.00. The van der Waals surface area contributed by atoms with Crippen molar-refractivity contribution in [2.45, 2.75) is 13.8 Å². The Balaban J connectivity index is 3.42. The largest absolute Gasteiger partial charge is 0.258 e. The summed E-state index contributed by atoms with van der Waals surface area (Å²) in [4.78, 5) is 0. The third kappa shape index (κ3) is 5.72. The molecule has 0 radical (unpaired) electrons. The van der Waals surface area contributed by atoms with Gasteiger partial charge >= 0.3 is 0 Å². The van der Waals surface area contributed by atoms with Gasteiger partial charge in [0.1, 0.15) is 0 Å². The van der Waals surface area contributed by atoms with Crippen LogP contribution in [-0.2, 0) is 0 Å². The van der Waals surface area contributed by atoms with E-state index in [2.05, 4.69) is 4.40 Å². The first-order valence-electron chi connectivity index (χ1n) is 2.30. The molecule has 8 heavy (non-hydrogen) atoms. The Kier molecular flexibility index (Phi) is 4.70. The van der Waals surface area contributed by atoms with Gasteiger partial charge in [-0.1, -0.05) is 5.57 Å². The van der Waals surface area contributed by atoms with Crippen LogP contribution in [0.1, 0.15) is 13.8 Å². The van der Waals surface area contributed by atoms with Gasteiger partial charge in [0.2, 0.25) is 0 Å². The summed E-state index contributed by atoms with van der Waals surface area (Å²) in [6, 6.07) is 0. The van der Waals surface area contributed by atoms with Gasteiger partial charge in [-0.2, -0.15) is 0 Å². The van der Waals surface area contributed by atoms with Gasteiger partial charge in [-0.15, -0.1) is 0 Å². The maximum Gasteiger partial charge on any atom is 0.0555 e. The fourth-order valence-corrected chi connectivity index (χ4v) is 0.346. The lowest BCUT2D eigenvalue weighted by atomic mass is 10.3. The molecule has 0 aliphatic carbocycles. The zero-order chi connectivity index (χ0) is 6.41. The molecule has 0 aromatic heterocycles. The van der Waals surface area contributed by atoms with Gasteiger partial charge in [0.15, 0.2) is 0 Å². The zero-order valence-electron chi connectivity index (χ0n) is 5.09. The van der Waals surface area contributed by atoms with Crippen molar-refractivity contribution in [3.05, 3.63) is 11.6 Å². The average Bonchev–Trinajstić information content (AvgIpc) is 1.66. The first kappa shape index (κ1) is 7.72. The molecule has 0 bridgehead atoms. The molecule has 0 amide bonds. The van der Waals surface area contributed by atoms with Crippen molar-refractivity contribution in [3.63, 3.8) is 0 Å². The monoisotopic (exact) mass is 130 g/mol. The quantitative estimate of drug-likeness (QED) is 0.455. The van der Waals surface area contributed by atoms with Crippen molar-refractivity contribution < 1.29 is 0 Å². The summed E-state index contributed by atoms with van der Waals surface area (Å²) in [6.07, 6.45) is 3.58. The van der Waals surface area contributed by atoms with E-state index in [4.69, 9.17) is 5.14 Å². The van der Waals surface area contributed by atoms with E-state index >= 15 is 0 Å². The third-order valence-corrected chi connectivity index (χ3v) is 0.773. The fourth-order valence-electron chi connectivity index (χ4n) is 0.215. The number of hydrogen-bond acceptors (Lipinski definition) is 3. The number of nitrogens with two attached hydrogens (primary N) is 1. The summed E-state index contributed by atoms with van der Waals surface area (Å²) in [5.74, 6) is 0. The minimum absolute atomic E-state index is 0.968. The second-order valence-electron chi connectivity index (χ2n) is 1.60. The predicted octanol–water partition coefficient (Wildman–Crippen LogP) is 1.55. The molecule has 0 fully saturated rings. The Morgan fingerprint density at radius 3 is 2.62 bits per heavy atom. The summed E-state index contributed by atoms with van der Waals surface area (Å²) >= 11 is 0.968. The summed E-state index contributed by atoms with van der Waals surface area (Å²) in [7, 11) is 0. The second-order valence-corrected chi connectivity index (χ2v) is 2.03. The van der Waals surface area contributed by atoms with Crippen molar-refractivity contribution in [1.82, 2.24) is 0 Å². The van der Waals surface area contributed by atoms with Gasteiger partial charge in [0.05, 0.1) is 12.1 Å². The van der Waals surface area contributed by atoms with E-state index in [0.717, 1.165) is 12.1 Å². The minimum Gasteiger partial charge on any atom is -0.258 e. The lowest BCUT2D eigenvalue weighted by molar-refractivity contribution is 1.41. The molecule has 0 saturated heterocycles. The van der Waals surface area contributed by atoms with Crippen molar-refractivity contribution >= 4 is 18.3 Å². The summed E-state index contributed by atoms with van der Waals surface area (Å²) in [5, 5.41) is 5.00. The molecule has 0 rings (SSSR count). The van der Waals surface area contributed by atoms with E-state index in [1.54, 1.807) is 6.21 Å². The molecule has 0 aromatic carbocycles. The molecule has 0 aliphatic heterocycles. The van der Waals surface area contributed by atoms with Crippen LogP contribution < -0.4 is 5.14 Å². The van der Waals surface area contributed by atoms with E-state index in [1.807, 2.05) is 19.9 Å². The van der Waals surface area contributed by atoms with Gasteiger partial charge in [0.25, 0.3) is 0 Å². The van der Waals surface area contributed by atoms with Gasteiger partial charge < -0.3 is 0 Å². The topological polar surface area (TPSA) is 38.4 Å². The van der Waals surface area contributed by atoms with Crippen LogP contribution in [0.3, 0.4) is 0 Å². The van der Waals surface area contributed by atoms with E-state index < -0.39 is 0 Å². The molecule has 2 N–H and O–H groups in total. The van der Waals surface area contributed by atoms with E-state index in [9.17, 15) is 0 Å². The normalized spacial score (nSPS) is 9.88. The van der Waals surface area contributed by atoms with Crippen LogP contribution in [0, 0.1) is 0 Å². The van der Waals surface area contributed by atoms with Crippen molar-refractivity contribution in [3.8, 4) is 0 Å². The van der Waals surface area contributed by atoms with Crippen LogP contribution in [0.4, 0.5) is 0 Å². The third-order valence-electron chi connectivity index (χ3n) is 0.530. The van der Waals surface area contributed by atoms with Gasteiger partial charge in [-0.05, 0) is 19.9 Å². The highest BCUT2D eigenvalue weighted by molar-refractivity contribution is 7.95. The van der Waals surface area contributed by atoms with Crippen LogP contribution in [0.5, 0.6) is 0 Å². The van der Waals surface area contributed by atoms with Gasteiger partial charge in [0, 0.05) is 6.21 Å². The Bertz CT molecular complexity index is 103. The molecular weight excluding hydrogens is 120 g/mol. The lowest BCUT2D eigenvalue weighted by Crippen LogP contribution is -1.71. The van der Waals surface area contributed by atoms with Crippen LogP contribution in [0.2, 0.25) is 0 Å². The van der Waals surface area contributed by atoms with Crippen molar-refractivity contribution in [1.29, 1.82) is 0 Å². The van der Waals surface area contributed by atoms with E-state index in [1.165, 1.54) is 5.57 Å². The molecule has 0 unspecified atom stereocenters. The lowest BCUT2D eigenvalue weighted by Gasteiger charge is -1.79. The van der Waals surface area contributed by atoms with Crippen LogP contribution in [0.15, 0.2) is 16.0 Å². The predicted molar refractivity (Wildman–Crippen MR) is 39.7 cm³/mol. The highest BCUT2D eigenvalue weighted by Crippen LogP contribution is 1.87. The molecule has 46 valence electrons. The summed E-state index contributed by atoms with van der Waals surface area (Å²) in [5.41, 5.74) is 1.22. The molecule has 0 aromatic rings. The van der Waals surface area contributed by atoms with Gasteiger partial charge in [-0.25, -0.2) is 4.40 Å².